The van der Waals surface area contributed by atoms with Crippen LogP contribution >= 0.6 is 11.6 Å². The molecule has 1 amide bonds. The monoisotopic (exact) mass is 255 g/mol. The summed E-state index contributed by atoms with van der Waals surface area (Å²) in [5.41, 5.74) is 0. The lowest BCUT2D eigenvalue weighted by Gasteiger charge is -2.25. The van der Waals surface area contributed by atoms with Crippen LogP contribution in [0.5, 0.6) is 0 Å². The number of methoxy groups -OCH3 is 1. The molecular formula is C10H16ClF2NO2. The smallest absolute Gasteiger partial charge is 0.267 e. The maximum absolute atomic E-state index is 13.2. The molecule has 0 radical (unpaired) electrons. The lowest BCUT2D eigenvalue weighted by molar-refractivity contribution is -0.133. The summed E-state index contributed by atoms with van der Waals surface area (Å²) >= 11 is 5.78. The highest BCUT2D eigenvalue weighted by Gasteiger charge is 2.47. The van der Waals surface area contributed by atoms with Crippen LogP contribution < -0.4 is 0 Å². The van der Waals surface area contributed by atoms with Crippen molar-refractivity contribution in [3.63, 3.8) is 0 Å². The third kappa shape index (κ3) is 3.04. The van der Waals surface area contributed by atoms with E-state index in [-0.39, 0.29) is 13.0 Å². The van der Waals surface area contributed by atoms with Gasteiger partial charge in [0.25, 0.3) is 5.92 Å². The third-order valence-corrected chi connectivity index (χ3v) is 3.14. The van der Waals surface area contributed by atoms with Crippen LogP contribution in [0.25, 0.3) is 0 Å². The van der Waals surface area contributed by atoms with E-state index >= 15 is 0 Å². The first kappa shape index (κ1) is 13.6. The molecule has 94 valence electrons. The molecule has 1 rings (SSSR count). The molecule has 1 aliphatic heterocycles. The summed E-state index contributed by atoms with van der Waals surface area (Å²) in [4.78, 5) is 12.9. The number of amides is 1. The number of likely N-dealkylation sites (tertiary alicyclic amines) is 1. The minimum absolute atomic E-state index is 0.120. The second-order valence-electron chi connectivity index (χ2n) is 4.01. The second kappa shape index (κ2) is 5.27. The molecule has 0 aromatic carbocycles. The number of nitrogens with zero attached hydrogens (tertiary/aromatic N) is 1. The van der Waals surface area contributed by atoms with E-state index in [1.54, 1.807) is 6.92 Å². The average Bonchev–Trinajstić information content (AvgIpc) is 2.52. The topological polar surface area (TPSA) is 29.5 Å². The molecule has 3 nitrogen and oxygen atoms in total. The minimum Gasteiger partial charge on any atom is -0.383 e. The van der Waals surface area contributed by atoms with Crippen molar-refractivity contribution in [1.29, 1.82) is 0 Å². The van der Waals surface area contributed by atoms with E-state index in [2.05, 4.69) is 0 Å². The molecule has 16 heavy (non-hydrogen) atoms. The first-order chi connectivity index (χ1) is 7.41. The van der Waals surface area contributed by atoms with Gasteiger partial charge in [-0.2, -0.15) is 0 Å². The Labute approximate surface area is 98.7 Å². The average molecular weight is 256 g/mol. The molecule has 0 aromatic rings. The van der Waals surface area contributed by atoms with E-state index in [1.165, 1.54) is 7.11 Å². The summed E-state index contributed by atoms with van der Waals surface area (Å²) in [5, 5.41) is -0.728. The molecule has 1 fully saturated rings. The fourth-order valence-corrected chi connectivity index (χ4v) is 1.98. The largest absolute Gasteiger partial charge is 0.383 e. The summed E-state index contributed by atoms with van der Waals surface area (Å²) in [6.07, 6.45) is 0.0854. The molecule has 0 N–H and O–H groups in total. The first-order valence-corrected chi connectivity index (χ1v) is 5.66. The van der Waals surface area contributed by atoms with Gasteiger partial charge in [-0.1, -0.05) is 6.92 Å². The van der Waals surface area contributed by atoms with Crippen molar-refractivity contribution < 1.29 is 18.3 Å². The van der Waals surface area contributed by atoms with Crippen LogP contribution in [0.15, 0.2) is 0 Å². The molecule has 1 heterocycles. The number of ether oxygens (including phenoxy) is 1. The Morgan fingerprint density at radius 3 is 2.81 bits per heavy atom. The number of halogens is 3. The minimum atomic E-state index is -2.83. The fourth-order valence-electron chi connectivity index (χ4n) is 1.85. The van der Waals surface area contributed by atoms with E-state index < -0.39 is 29.8 Å². The number of hydrogen-bond donors (Lipinski definition) is 0. The van der Waals surface area contributed by atoms with Gasteiger partial charge in [-0.05, 0) is 6.42 Å². The zero-order valence-corrected chi connectivity index (χ0v) is 10.1. The first-order valence-electron chi connectivity index (χ1n) is 5.22. The Balaban J connectivity index is 2.73. The van der Waals surface area contributed by atoms with Crippen molar-refractivity contribution in [2.45, 2.75) is 37.1 Å². The van der Waals surface area contributed by atoms with Crippen molar-refractivity contribution in [3.8, 4) is 0 Å². The molecule has 2 atom stereocenters. The van der Waals surface area contributed by atoms with Gasteiger partial charge in [0.2, 0.25) is 5.91 Å². The van der Waals surface area contributed by atoms with Crippen LogP contribution in [0.2, 0.25) is 0 Å². The molecule has 0 bridgehead atoms. The van der Waals surface area contributed by atoms with Crippen LogP contribution in [0, 0.1) is 0 Å². The number of rotatable bonds is 4. The van der Waals surface area contributed by atoms with E-state index in [4.69, 9.17) is 16.3 Å². The number of carbonyl (C=O) groups is 1. The van der Waals surface area contributed by atoms with Crippen LogP contribution in [0.3, 0.4) is 0 Å². The van der Waals surface area contributed by atoms with Crippen LogP contribution in [0.1, 0.15) is 19.8 Å². The third-order valence-electron chi connectivity index (χ3n) is 2.65. The quantitative estimate of drug-likeness (QED) is 0.718. The van der Waals surface area contributed by atoms with Gasteiger partial charge < -0.3 is 9.64 Å². The normalized spacial score (nSPS) is 25.8. The molecule has 6 heteroatoms. The van der Waals surface area contributed by atoms with Crippen molar-refractivity contribution in [2.24, 2.45) is 0 Å². The maximum Gasteiger partial charge on any atom is 0.267 e. The molecule has 0 unspecified atom stereocenters. The Hall–Kier alpha value is -0.420. The lowest BCUT2D eigenvalue weighted by Crippen LogP contribution is -2.42. The Kier molecular flexibility index (Phi) is 4.50. The van der Waals surface area contributed by atoms with Gasteiger partial charge in [0.05, 0.1) is 19.2 Å². The van der Waals surface area contributed by atoms with E-state index in [0.717, 1.165) is 4.90 Å². The number of alkyl halides is 3. The SMILES string of the molecule is CC[C@H](Cl)C(=O)N1CC(F)(F)C[C@H]1COC. The van der Waals surface area contributed by atoms with Gasteiger partial charge >= 0.3 is 0 Å². The van der Waals surface area contributed by atoms with Gasteiger partial charge in [-0.15, -0.1) is 11.6 Å². The number of hydrogen-bond acceptors (Lipinski definition) is 2. The maximum atomic E-state index is 13.2. The Morgan fingerprint density at radius 1 is 1.69 bits per heavy atom. The van der Waals surface area contributed by atoms with Crippen LogP contribution in [-0.2, 0) is 9.53 Å². The molecule has 0 aliphatic carbocycles. The van der Waals surface area contributed by atoms with Gasteiger partial charge in [-0.3, -0.25) is 4.79 Å². The number of carbonyl (C=O) groups excluding carboxylic acids is 1. The highest BCUT2D eigenvalue weighted by molar-refractivity contribution is 6.30. The van der Waals surface area contributed by atoms with Crippen molar-refractivity contribution in [2.75, 3.05) is 20.3 Å². The predicted octanol–water partition coefficient (Wildman–Crippen LogP) is 1.89. The predicted molar refractivity (Wildman–Crippen MR) is 56.9 cm³/mol. The van der Waals surface area contributed by atoms with Crippen molar-refractivity contribution in [1.82, 2.24) is 4.90 Å². The van der Waals surface area contributed by atoms with Crippen molar-refractivity contribution in [3.05, 3.63) is 0 Å². The summed E-state index contributed by atoms with van der Waals surface area (Å²) in [6.45, 7) is 1.31. The molecular weight excluding hydrogens is 240 g/mol. The molecule has 1 aliphatic rings. The summed E-state index contributed by atoms with van der Waals surface area (Å²) in [6, 6.07) is -0.569. The lowest BCUT2D eigenvalue weighted by atomic mass is 10.2. The highest BCUT2D eigenvalue weighted by Crippen LogP contribution is 2.33. The molecule has 0 saturated carbocycles. The van der Waals surface area contributed by atoms with Gasteiger partial charge in [0.1, 0.15) is 5.38 Å². The van der Waals surface area contributed by atoms with Crippen LogP contribution in [0.4, 0.5) is 8.78 Å². The summed E-state index contributed by atoms with van der Waals surface area (Å²) in [7, 11) is 1.43. The zero-order valence-electron chi connectivity index (χ0n) is 9.38. The van der Waals surface area contributed by atoms with Gasteiger partial charge in [0.15, 0.2) is 0 Å². The Bertz CT molecular complexity index is 263. The molecule has 1 saturated heterocycles. The molecule has 0 spiro atoms. The highest BCUT2D eigenvalue weighted by atomic mass is 35.5. The second-order valence-corrected chi connectivity index (χ2v) is 4.54. The van der Waals surface area contributed by atoms with E-state index in [0.29, 0.717) is 6.42 Å². The zero-order chi connectivity index (χ0) is 12.3. The summed E-state index contributed by atoms with van der Waals surface area (Å²) < 4.78 is 31.2. The van der Waals surface area contributed by atoms with E-state index in [1.807, 2.05) is 0 Å². The van der Waals surface area contributed by atoms with Crippen molar-refractivity contribution >= 4 is 17.5 Å². The Morgan fingerprint density at radius 2 is 2.31 bits per heavy atom. The summed E-state index contributed by atoms with van der Waals surface area (Å²) in [5.74, 6) is -3.26. The van der Waals surface area contributed by atoms with Crippen LogP contribution in [-0.4, -0.2) is 48.4 Å². The van der Waals surface area contributed by atoms with Gasteiger partial charge in [-0.25, -0.2) is 8.78 Å². The fraction of sp³-hybridized carbons (Fsp3) is 0.900. The molecule has 0 aromatic heterocycles. The van der Waals surface area contributed by atoms with Gasteiger partial charge in [0, 0.05) is 13.5 Å². The standard InChI is InChI=1S/C10H16ClF2NO2/c1-3-8(11)9(15)14-6-10(12,13)4-7(14)5-16-2/h7-8H,3-6H2,1-2H3/t7-,8-/m0/s1. The van der Waals surface area contributed by atoms with E-state index in [9.17, 15) is 13.6 Å².